The zero-order valence-electron chi connectivity index (χ0n) is 18.4. The van der Waals surface area contributed by atoms with Gasteiger partial charge in [-0.3, -0.25) is 9.59 Å². The number of carbonyl (C=O) groups excluding carboxylic acids is 2. The van der Waals surface area contributed by atoms with E-state index in [1.807, 2.05) is 78.6 Å². The van der Waals surface area contributed by atoms with Crippen LogP contribution < -0.4 is 10.2 Å². The molecule has 1 saturated heterocycles. The first-order valence-electron chi connectivity index (χ1n) is 11.2. The fourth-order valence-corrected chi connectivity index (χ4v) is 4.23. The Hall–Kier alpha value is -3.60. The highest BCUT2D eigenvalue weighted by atomic mass is 16.2. The molecule has 1 aliphatic heterocycles. The number of para-hydroxylation sites is 2. The summed E-state index contributed by atoms with van der Waals surface area (Å²) in [5.74, 6) is -0.386. The molecule has 1 N–H and O–H groups in total. The lowest BCUT2D eigenvalue weighted by atomic mass is 9.95. The lowest BCUT2D eigenvalue weighted by Crippen LogP contribution is -2.49. The van der Waals surface area contributed by atoms with Crippen molar-refractivity contribution in [2.75, 3.05) is 36.4 Å². The summed E-state index contributed by atoms with van der Waals surface area (Å²) < 4.78 is 0. The number of hydrogen-bond donors (Lipinski definition) is 1. The van der Waals surface area contributed by atoms with Crippen LogP contribution in [0.5, 0.6) is 0 Å². The number of hydrogen-bond acceptors (Lipinski definition) is 3. The normalized spacial score (nSPS) is 14.7. The number of benzene rings is 3. The molecule has 32 heavy (non-hydrogen) atoms. The number of anilines is 2. The quantitative estimate of drug-likeness (QED) is 0.616. The molecule has 1 atom stereocenters. The maximum absolute atomic E-state index is 13.3. The van der Waals surface area contributed by atoms with Crippen LogP contribution in [0, 0.1) is 0 Å². The average molecular weight is 428 g/mol. The van der Waals surface area contributed by atoms with Crippen LogP contribution in [0.15, 0.2) is 84.9 Å². The lowest BCUT2D eigenvalue weighted by molar-refractivity contribution is -0.117. The van der Waals surface area contributed by atoms with E-state index in [0.29, 0.717) is 30.8 Å². The van der Waals surface area contributed by atoms with Gasteiger partial charge in [0.25, 0.3) is 5.91 Å². The highest BCUT2D eigenvalue weighted by Gasteiger charge is 2.25. The van der Waals surface area contributed by atoms with E-state index in [0.717, 1.165) is 18.7 Å². The van der Waals surface area contributed by atoms with Gasteiger partial charge in [-0.15, -0.1) is 0 Å². The molecule has 0 spiro atoms. The summed E-state index contributed by atoms with van der Waals surface area (Å²) in [7, 11) is 0. The van der Waals surface area contributed by atoms with Crippen LogP contribution in [0.1, 0.15) is 35.2 Å². The van der Waals surface area contributed by atoms with Crippen molar-refractivity contribution < 1.29 is 9.59 Å². The van der Waals surface area contributed by atoms with Crippen molar-refractivity contribution in [1.29, 1.82) is 0 Å². The monoisotopic (exact) mass is 427 g/mol. The number of piperazine rings is 1. The predicted molar refractivity (Wildman–Crippen MR) is 129 cm³/mol. The van der Waals surface area contributed by atoms with Crippen LogP contribution in [-0.2, 0) is 4.79 Å². The summed E-state index contributed by atoms with van der Waals surface area (Å²) in [6.45, 7) is 4.88. The van der Waals surface area contributed by atoms with Gasteiger partial charge < -0.3 is 15.1 Å². The SMILES string of the molecule is CCC(C(=O)Nc1ccccc1C(=O)N1CCN(c2ccccc2)CC1)c1ccccc1. The van der Waals surface area contributed by atoms with Crippen molar-refractivity contribution in [2.24, 2.45) is 0 Å². The fraction of sp³-hybridized carbons (Fsp3) is 0.259. The number of rotatable bonds is 6. The molecule has 4 rings (SSSR count). The fourth-order valence-electron chi connectivity index (χ4n) is 4.23. The van der Waals surface area contributed by atoms with Gasteiger partial charge >= 0.3 is 0 Å². The predicted octanol–water partition coefficient (Wildman–Crippen LogP) is 4.78. The van der Waals surface area contributed by atoms with Crippen LogP contribution in [0.4, 0.5) is 11.4 Å². The maximum Gasteiger partial charge on any atom is 0.256 e. The van der Waals surface area contributed by atoms with Crippen molar-refractivity contribution in [1.82, 2.24) is 4.90 Å². The molecule has 0 bridgehead atoms. The van der Waals surface area contributed by atoms with Crippen LogP contribution in [0.2, 0.25) is 0 Å². The summed E-state index contributed by atoms with van der Waals surface area (Å²) in [6.07, 6.45) is 0.688. The molecule has 5 heteroatoms. The van der Waals surface area contributed by atoms with Crippen LogP contribution in [0.25, 0.3) is 0 Å². The van der Waals surface area contributed by atoms with Crippen LogP contribution in [0.3, 0.4) is 0 Å². The highest BCUT2D eigenvalue weighted by Crippen LogP contribution is 2.25. The second-order valence-electron chi connectivity index (χ2n) is 8.02. The third-order valence-electron chi connectivity index (χ3n) is 6.03. The Bertz CT molecular complexity index is 1040. The number of carbonyl (C=O) groups is 2. The van der Waals surface area contributed by atoms with E-state index in [9.17, 15) is 9.59 Å². The van der Waals surface area contributed by atoms with Gasteiger partial charge in [-0.2, -0.15) is 0 Å². The third-order valence-corrected chi connectivity index (χ3v) is 6.03. The van der Waals surface area contributed by atoms with Crippen molar-refractivity contribution in [2.45, 2.75) is 19.3 Å². The van der Waals surface area contributed by atoms with Crippen molar-refractivity contribution in [3.05, 3.63) is 96.1 Å². The third kappa shape index (κ3) is 4.83. The summed E-state index contributed by atoms with van der Waals surface area (Å²) in [6, 6.07) is 27.3. The van der Waals surface area contributed by atoms with Crippen molar-refractivity contribution in [3.63, 3.8) is 0 Å². The van der Waals surface area contributed by atoms with Gasteiger partial charge in [0.15, 0.2) is 0 Å². The lowest BCUT2D eigenvalue weighted by Gasteiger charge is -2.36. The zero-order chi connectivity index (χ0) is 22.3. The maximum atomic E-state index is 13.3. The Morgan fingerprint density at radius 1 is 0.812 bits per heavy atom. The number of nitrogens with one attached hydrogen (secondary N) is 1. The largest absolute Gasteiger partial charge is 0.368 e. The molecule has 0 aliphatic carbocycles. The molecule has 5 nitrogen and oxygen atoms in total. The Labute approximate surface area is 189 Å². The molecule has 0 radical (unpaired) electrons. The Morgan fingerprint density at radius 2 is 1.41 bits per heavy atom. The zero-order valence-corrected chi connectivity index (χ0v) is 18.4. The van der Waals surface area contributed by atoms with Crippen molar-refractivity contribution in [3.8, 4) is 0 Å². The van der Waals surface area contributed by atoms with Gasteiger partial charge in [0.1, 0.15) is 0 Å². The average Bonchev–Trinajstić information content (AvgIpc) is 2.86. The summed E-state index contributed by atoms with van der Waals surface area (Å²) in [5, 5.41) is 3.02. The molecule has 2 amide bonds. The van der Waals surface area contributed by atoms with Crippen LogP contribution >= 0.6 is 0 Å². The van der Waals surface area contributed by atoms with E-state index in [2.05, 4.69) is 22.3 Å². The Morgan fingerprint density at radius 3 is 2.06 bits per heavy atom. The molecule has 1 heterocycles. The van der Waals surface area contributed by atoms with E-state index in [4.69, 9.17) is 0 Å². The van der Waals surface area contributed by atoms with Gasteiger partial charge in [0.2, 0.25) is 5.91 Å². The first-order chi connectivity index (χ1) is 15.7. The summed E-state index contributed by atoms with van der Waals surface area (Å²) in [5.41, 5.74) is 3.27. The minimum atomic E-state index is -0.256. The second-order valence-corrected chi connectivity index (χ2v) is 8.02. The standard InChI is InChI=1S/C27H29N3O2/c1-2-23(21-11-5-3-6-12-21)26(31)28-25-16-10-9-15-24(25)27(32)30-19-17-29(18-20-30)22-13-7-4-8-14-22/h3-16,23H,2,17-20H2,1H3,(H,28,31). The first kappa shape index (κ1) is 21.6. The number of amides is 2. The molecule has 0 saturated carbocycles. The summed E-state index contributed by atoms with van der Waals surface area (Å²) in [4.78, 5) is 30.5. The molecule has 3 aromatic rings. The van der Waals surface area contributed by atoms with E-state index in [-0.39, 0.29) is 17.7 Å². The number of nitrogens with zero attached hydrogens (tertiary/aromatic N) is 2. The molecular formula is C27H29N3O2. The molecule has 1 unspecified atom stereocenters. The van der Waals surface area contributed by atoms with Gasteiger partial charge in [-0.05, 0) is 36.2 Å². The smallest absolute Gasteiger partial charge is 0.256 e. The molecule has 1 fully saturated rings. The van der Waals surface area contributed by atoms with Crippen LogP contribution in [-0.4, -0.2) is 42.9 Å². The molecular weight excluding hydrogens is 398 g/mol. The molecule has 0 aromatic heterocycles. The topological polar surface area (TPSA) is 52.7 Å². The Kier molecular flexibility index (Phi) is 6.85. The highest BCUT2D eigenvalue weighted by molar-refractivity contribution is 6.05. The van der Waals surface area contributed by atoms with E-state index < -0.39 is 0 Å². The van der Waals surface area contributed by atoms with Gasteiger partial charge in [-0.25, -0.2) is 0 Å². The second kappa shape index (κ2) is 10.1. The van der Waals surface area contributed by atoms with Gasteiger partial charge in [-0.1, -0.05) is 67.6 Å². The molecule has 164 valence electrons. The van der Waals surface area contributed by atoms with Gasteiger partial charge in [0, 0.05) is 31.9 Å². The molecule has 1 aliphatic rings. The van der Waals surface area contributed by atoms with E-state index >= 15 is 0 Å². The van der Waals surface area contributed by atoms with Gasteiger partial charge in [0.05, 0.1) is 17.2 Å². The minimum Gasteiger partial charge on any atom is -0.368 e. The van der Waals surface area contributed by atoms with E-state index in [1.165, 1.54) is 5.69 Å². The van der Waals surface area contributed by atoms with Crippen molar-refractivity contribution >= 4 is 23.2 Å². The minimum absolute atomic E-state index is 0.0404. The first-order valence-corrected chi connectivity index (χ1v) is 11.2. The Balaban J connectivity index is 1.45. The summed E-state index contributed by atoms with van der Waals surface area (Å²) >= 11 is 0. The molecule has 3 aromatic carbocycles. The van der Waals surface area contributed by atoms with E-state index in [1.54, 1.807) is 6.07 Å².